The highest BCUT2D eigenvalue weighted by atomic mass is 14.1. The molecule has 0 N–H and O–H groups in total. The second-order valence-electron chi connectivity index (χ2n) is 5.00. The monoisotopic (exact) mass is 253 g/mol. The van der Waals surface area contributed by atoms with Crippen molar-refractivity contribution in [3.05, 3.63) is 84.9 Å². The lowest BCUT2D eigenvalue weighted by Gasteiger charge is -2.08. The maximum atomic E-state index is 3.31. The SMILES string of the molecule is [c]1cccc2ccc(-c3cccc4ccccc34)cc12. The largest absolute Gasteiger partial charge is 0.0616 e. The molecule has 0 aliphatic heterocycles. The standard InChI is InChI=1S/C20H13/c1-2-8-17-14-18(13-12-15(17)6-1)20-11-5-9-16-7-3-4-10-19(16)20/h1-7,9-14H. The smallest absolute Gasteiger partial charge is 0.00990 e. The van der Waals surface area contributed by atoms with Crippen molar-refractivity contribution >= 4 is 21.5 Å². The maximum absolute atomic E-state index is 3.31. The van der Waals surface area contributed by atoms with Crippen LogP contribution in [0.1, 0.15) is 0 Å². The second kappa shape index (κ2) is 4.50. The van der Waals surface area contributed by atoms with Gasteiger partial charge in [-0.3, -0.25) is 0 Å². The first-order valence-electron chi connectivity index (χ1n) is 6.80. The Labute approximate surface area is 118 Å². The zero-order valence-electron chi connectivity index (χ0n) is 11.0. The van der Waals surface area contributed by atoms with Gasteiger partial charge in [-0.05, 0) is 44.8 Å². The molecule has 0 amide bonds. The van der Waals surface area contributed by atoms with Crippen LogP contribution in [0.25, 0.3) is 32.7 Å². The van der Waals surface area contributed by atoms with Crippen molar-refractivity contribution in [2.24, 2.45) is 0 Å². The summed E-state index contributed by atoms with van der Waals surface area (Å²) in [5.74, 6) is 0. The molecule has 0 bridgehead atoms. The van der Waals surface area contributed by atoms with E-state index in [-0.39, 0.29) is 0 Å². The van der Waals surface area contributed by atoms with Gasteiger partial charge < -0.3 is 0 Å². The van der Waals surface area contributed by atoms with Gasteiger partial charge in [0.15, 0.2) is 0 Å². The Hall–Kier alpha value is -2.60. The summed E-state index contributed by atoms with van der Waals surface area (Å²) in [5.41, 5.74) is 2.53. The number of benzene rings is 4. The van der Waals surface area contributed by atoms with E-state index in [1.165, 1.54) is 27.3 Å². The van der Waals surface area contributed by atoms with Crippen LogP contribution in [0.15, 0.2) is 78.9 Å². The van der Waals surface area contributed by atoms with Crippen molar-refractivity contribution in [3.8, 4) is 11.1 Å². The van der Waals surface area contributed by atoms with Gasteiger partial charge in [0.2, 0.25) is 0 Å². The summed E-state index contributed by atoms with van der Waals surface area (Å²) in [7, 11) is 0. The molecule has 0 fully saturated rings. The summed E-state index contributed by atoms with van der Waals surface area (Å²) in [4.78, 5) is 0. The van der Waals surface area contributed by atoms with Gasteiger partial charge in [0.1, 0.15) is 0 Å². The molecule has 93 valence electrons. The van der Waals surface area contributed by atoms with Crippen molar-refractivity contribution < 1.29 is 0 Å². The van der Waals surface area contributed by atoms with Crippen LogP contribution >= 0.6 is 0 Å². The Kier molecular flexibility index (Phi) is 2.53. The Bertz CT molecular complexity index is 898. The number of fused-ring (bicyclic) bond motifs is 2. The molecule has 0 saturated heterocycles. The Morgan fingerprint density at radius 1 is 0.650 bits per heavy atom. The summed E-state index contributed by atoms with van der Waals surface area (Å²) in [6.07, 6.45) is 0. The van der Waals surface area contributed by atoms with E-state index in [1.54, 1.807) is 0 Å². The van der Waals surface area contributed by atoms with Crippen LogP contribution in [0.3, 0.4) is 0 Å². The van der Waals surface area contributed by atoms with Gasteiger partial charge in [-0.1, -0.05) is 72.8 Å². The van der Waals surface area contributed by atoms with Gasteiger partial charge in [0, 0.05) is 0 Å². The topological polar surface area (TPSA) is 0 Å². The van der Waals surface area contributed by atoms with Crippen molar-refractivity contribution in [1.82, 2.24) is 0 Å². The second-order valence-corrected chi connectivity index (χ2v) is 5.00. The third kappa shape index (κ3) is 1.78. The molecule has 0 aromatic heterocycles. The van der Waals surface area contributed by atoms with Gasteiger partial charge in [0.05, 0.1) is 0 Å². The Morgan fingerprint density at radius 3 is 2.50 bits per heavy atom. The molecule has 0 spiro atoms. The molecule has 20 heavy (non-hydrogen) atoms. The number of hydrogen-bond acceptors (Lipinski definition) is 0. The summed E-state index contributed by atoms with van der Waals surface area (Å²) < 4.78 is 0. The first-order chi connectivity index (χ1) is 9.92. The quantitative estimate of drug-likeness (QED) is 0.422. The minimum absolute atomic E-state index is 1.16. The molecule has 1 radical (unpaired) electrons. The first-order valence-corrected chi connectivity index (χ1v) is 6.80. The van der Waals surface area contributed by atoms with Crippen LogP contribution in [0.2, 0.25) is 0 Å². The van der Waals surface area contributed by atoms with E-state index in [0.717, 1.165) is 5.39 Å². The fraction of sp³-hybridized carbons (Fsp3) is 0. The molecule has 0 unspecified atom stereocenters. The van der Waals surface area contributed by atoms with E-state index in [0.29, 0.717) is 0 Å². The van der Waals surface area contributed by atoms with E-state index in [9.17, 15) is 0 Å². The van der Waals surface area contributed by atoms with Crippen molar-refractivity contribution in [2.75, 3.05) is 0 Å². The van der Waals surface area contributed by atoms with E-state index >= 15 is 0 Å². The average Bonchev–Trinajstić information content (AvgIpc) is 2.54. The van der Waals surface area contributed by atoms with Gasteiger partial charge in [-0.15, -0.1) is 0 Å². The van der Waals surface area contributed by atoms with Crippen LogP contribution < -0.4 is 0 Å². The van der Waals surface area contributed by atoms with Crippen LogP contribution in [0.4, 0.5) is 0 Å². The van der Waals surface area contributed by atoms with E-state index in [2.05, 4.69) is 72.8 Å². The molecule has 0 aliphatic rings. The van der Waals surface area contributed by atoms with Gasteiger partial charge in [-0.25, -0.2) is 0 Å². The molecule has 0 heterocycles. The molecular formula is C20H13. The normalized spacial score (nSPS) is 11.0. The van der Waals surface area contributed by atoms with E-state index in [4.69, 9.17) is 0 Å². The lowest BCUT2D eigenvalue weighted by molar-refractivity contribution is 1.67. The molecule has 4 rings (SSSR count). The number of rotatable bonds is 1. The first kappa shape index (κ1) is 11.2. The molecule has 0 atom stereocenters. The number of hydrogen-bond donors (Lipinski definition) is 0. The average molecular weight is 253 g/mol. The molecular weight excluding hydrogens is 240 g/mol. The minimum Gasteiger partial charge on any atom is -0.0616 e. The third-order valence-electron chi connectivity index (χ3n) is 3.76. The molecule has 4 aromatic rings. The lowest BCUT2D eigenvalue weighted by atomic mass is 9.96. The Morgan fingerprint density at radius 2 is 1.50 bits per heavy atom. The highest BCUT2D eigenvalue weighted by Gasteiger charge is 2.04. The van der Waals surface area contributed by atoms with Gasteiger partial charge in [0.25, 0.3) is 0 Å². The van der Waals surface area contributed by atoms with Crippen LogP contribution in [-0.2, 0) is 0 Å². The zero-order valence-corrected chi connectivity index (χ0v) is 11.0. The predicted molar refractivity (Wildman–Crippen MR) is 85.7 cm³/mol. The van der Waals surface area contributed by atoms with Crippen LogP contribution in [-0.4, -0.2) is 0 Å². The third-order valence-corrected chi connectivity index (χ3v) is 3.76. The molecule has 4 aromatic carbocycles. The zero-order chi connectivity index (χ0) is 13.4. The van der Waals surface area contributed by atoms with Crippen LogP contribution in [0, 0.1) is 6.07 Å². The van der Waals surface area contributed by atoms with Crippen molar-refractivity contribution in [3.63, 3.8) is 0 Å². The van der Waals surface area contributed by atoms with Crippen molar-refractivity contribution in [2.45, 2.75) is 0 Å². The predicted octanol–water partition coefficient (Wildman–Crippen LogP) is 5.46. The molecule has 0 saturated carbocycles. The minimum atomic E-state index is 1.16. The fourth-order valence-corrected chi connectivity index (χ4v) is 2.76. The van der Waals surface area contributed by atoms with E-state index < -0.39 is 0 Å². The molecule has 0 aliphatic carbocycles. The fourth-order valence-electron chi connectivity index (χ4n) is 2.76. The maximum Gasteiger partial charge on any atom is -0.00990 e. The lowest BCUT2D eigenvalue weighted by Crippen LogP contribution is -1.82. The van der Waals surface area contributed by atoms with E-state index in [1.807, 2.05) is 12.1 Å². The van der Waals surface area contributed by atoms with Gasteiger partial charge >= 0.3 is 0 Å². The molecule has 0 heteroatoms. The summed E-state index contributed by atoms with van der Waals surface area (Å²) in [6.45, 7) is 0. The highest BCUT2D eigenvalue weighted by Crippen LogP contribution is 2.30. The highest BCUT2D eigenvalue weighted by molar-refractivity contribution is 5.98. The molecule has 0 nitrogen and oxygen atoms in total. The Balaban J connectivity index is 2.01. The van der Waals surface area contributed by atoms with Gasteiger partial charge in [-0.2, -0.15) is 0 Å². The summed E-state index contributed by atoms with van der Waals surface area (Å²) >= 11 is 0. The summed E-state index contributed by atoms with van der Waals surface area (Å²) in [5, 5.41) is 4.97. The summed E-state index contributed by atoms with van der Waals surface area (Å²) in [6, 6.07) is 31.0. The van der Waals surface area contributed by atoms with Crippen LogP contribution in [0.5, 0.6) is 0 Å². The van der Waals surface area contributed by atoms with Crippen molar-refractivity contribution in [1.29, 1.82) is 0 Å².